The van der Waals surface area contributed by atoms with Crippen LogP contribution in [0.2, 0.25) is 0 Å². The lowest BCUT2D eigenvalue weighted by Crippen LogP contribution is -2.39. The number of piperidine rings is 1. The lowest BCUT2D eigenvalue weighted by molar-refractivity contribution is -0.159. The molecule has 0 radical (unpaired) electrons. The van der Waals surface area contributed by atoms with Crippen LogP contribution in [0.5, 0.6) is 0 Å². The summed E-state index contributed by atoms with van der Waals surface area (Å²) in [6, 6.07) is 6.78. The van der Waals surface area contributed by atoms with E-state index < -0.39 is 12.1 Å². The van der Waals surface area contributed by atoms with Gasteiger partial charge in [-0.1, -0.05) is 5.16 Å². The Kier molecular flexibility index (Phi) is 4.99. The summed E-state index contributed by atoms with van der Waals surface area (Å²) in [7, 11) is 0. The van der Waals surface area contributed by atoms with Gasteiger partial charge in [0.1, 0.15) is 0 Å². The van der Waals surface area contributed by atoms with Gasteiger partial charge in [0.25, 0.3) is 5.91 Å². The molecular weight excluding hydrogens is 387 g/mol. The van der Waals surface area contributed by atoms with Gasteiger partial charge in [0.05, 0.1) is 5.56 Å². The van der Waals surface area contributed by atoms with Gasteiger partial charge >= 0.3 is 12.1 Å². The molecule has 0 unspecified atom stereocenters. The third kappa shape index (κ3) is 4.10. The lowest BCUT2D eigenvalue weighted by Gasteiger charge is -2.32. The highest BCUT2D eigenvalue weighted by molar-refractivity contribution is 5.94. The van der Waals surface area contributed by atoms with Crippen molar-refractivity contribution in [1.82, 2.24) is 25.0 Å². The molecular formula is C19H16F3N5O2. The van der Waals surface area contributed by atoms with E-state index in [1.54, 1.807) is 41.6 Å². The summed E-state index contributed by atoms with van der Waals surface area (Å²) in [5, 5.41) is 3.36. The zero-order chi connectivity index (χ0) is 20.4. The van der Waals surface area contributed by atoms with E-state index in [-0.39, 0.29) is 17.6 Å². The summed E-state index contributed by atoms with van der Waals surface area (Å²) < 4.78 is 42.1. The van der Waals surface area contributed by atoms with Crippen LogP contribution in [0.15, 0.2) is 47.4 Å². The van der Waals surface area contributed by atoms with E-state index >= 15 is 0 Å². The molecule has 150 valence electrons. The number of halogens is 3. The Balaban J connectivity index is 1.47. The maximum Gasteiger partial charge on any atom is 0.471 e. The van der Waals surface area contributed by atoms with Crippen LogP contribution in [-0.4, -0.2) is 44.0 Å². The number of pyridine rings is 2. The van der Waals surface area contributed by atoms with Crippen LogP contribution in [0.25, 0.3) is 11.4 Å². The summed E-state index contributed by atoms with van der Waals surface area (Å²) in [6.45, 7) is 1.17. The van der Waals surface area contributed by atoms with E-state index in [9.17, 15) is 18.0 Å². The van der Waals surface area contributed by atoms with Crippen molar-refractivity contribution < 1.29 is 22.5 Å². The number of carbonyl (C=O) groups excluding carboxylic acids is 1. The van der Waals surface area contributed by atoms with Gasteiger partial charge in [-0.15, -0.1) is 0 Å². The zero-order valence-corrected chi connectivity index (χ0v) is 15.1. The second-order valence-electron chi connectivity index (χ2n) is 6.72. The van der Waals surface area contributed by atoms with Crippen molar-refractivity contribution in [2.45, 2.75) is 24.9 Å². The van der Waals surface area contributed by atoms with Gasteiger partial charge in [-0.05, 0) is 37.1 Å². The Bertz CT molecular complexity index is 989. The van der Waals surface area contributed by atoms with Crippen molar-refractivity contribution in [3.05, 3.63) is 60.0 Å². The second-order valence-corrected chi connectivity index (χ2v) is 6.72. The Morgan fingerprint density at radius 3 is 2.72 bits per heavy atom. The molecule has 1 aliphatic heterocycles. The highest BCUT2D eigenvalue weighted by Gasteiger charge is 2.38. The monoisotopic (exact) mass is 403 g/mol. The molecule has 3 aromatic heterocycles. The average Bonchev–Trinajstić information content (AvgIpc) is 3.25. The van der Waals surface area contributed by atoms with Gasteiger partial charge in [-0.3, -0.25) is 14.8 Å². The molecule has 10 heteroatoms. The zero-order valence-electron chi connectivity index (χ0n) is 15.1. The SMILES string of the molecule is O=C(c1cccnc1)N1CCC[C@@H](c2ccc(-c3noc(C(F)(F)F)n3)cn2)C1. The fraction of sp³-hybridized carbons (Fsp3) is 0.316. The summed E-state index contributed by atoms with van der Waals surface area (Å²) in [6.07, 6.45) is 1.58. The average molecular weight is 403 g/mol. The van der Waals surface area contributed by atoms with Gasteiger partial charge in [0.2, 0.25) is 5.82 Å². The lowest BCUT2D eigenvalue weighted by atomic mass is 9.93. The molecule has 7 nitrogen and oxygen atoms in total. The van der Waals surface area contributed by atoms with Crippen molar-refractivity contribution in [2.24, 2.45) is 0 Å². The van der Waals surface area contributed by atoms with E-state index in [0.29, 0.717) is 24.2 Å². The van der Waals surface area contributed by atoms with Crippen molar-refractivity contribution in [1.29, 1.82) is 0 Å². The number of amides is 1. The number of rotatable bonds is 3. The quantitative estimate of drug-likeness (QED) is 0.665. The Labute approximate surface area is 163 Å². The first-order valence-electron chi connectivity index (χ1n) is 8.98. The predicted octanol–water partition coefficient (Wildman–Crippen LogP) is 3.57. The van der Waals surface area contributed by atoms with Crippen LogP contribution in [0.3, 0.4) is 0 Å². The molecule has 1 aliphatic rings. The van der Waals surface area contributed by atoms with Crippen LogP contribution < -0.4 is 0 Å². The molecule has 1 saturated heterocycles. The number of carbonyl (C=O) groups is 1. The first-order valence-corrected chi connectivity index (χ1v) is 8.98. The number of alkyl halides is 3. The Morgan fingerprint density at radius 2 is 2.07 bits per heavy atom. The van der Waals surface area contributed by atoms with E-state index in [2.05, 4.69) is 24.6 Å². The molecule has 1 atom stereocenters. The van der Waals surface area contributed by atoms with E-state index in [1.807, 2.05) is 0 Å². The molecule has 0 spiro atoms. The predicted molar refractivity (Wildman–Crippen MR) is 94.6 cm³/mol. The number of hydrogen-bond acceptors (Lipinski definition) is 6. The summed E-state index contributed by atoms with van der Waals surface area (Å²) in [5.74, 6) is -1.61. The van der Waals surface area contributed by atoms with Crippen LogP contribution in [0, 0.1) is 0 Å². The van der Waals surface area contributed by atoms with Crippen LogP contribution in [0.4, 0.5) is 13.2 Å². The van der Waals surface area contributed by atoms with E-state index in [1.165, 1.54) is 6.20 Å². The summed E-state index contributed by atoms with van der Waals surface area (Å²) in [5.41, 5.74) is 1.62. The normalized spacial score (nSPS) is 17.3. The van der Waals surface area contributed by atoms with Gasteiger partial charge in [0, 0.05) is 48.9 Å². The minimum atomic E-state index is -4.69. The van der Waals surface area contributed by atoms with E-state index in [0.717, 1.165) is 18.5 Å². The minimum absolute atomic E-state index is 0.0365. The van der Waals surface area contributed by atoms with Crippen LogP contribution in [-0.2, 0) is 6.18 Å². The molecule has 0 saturated carbocycles. The maximum atomic E-state index is 12.6. The fourth-order valence-corrected chi connectivity index (χ4v) is 3.31. The smallest absolute Gasteiger partial charge is 0.338 e. The summed E-state index contributed by atoms with van der Waals surface area (Å²) >= 11 is 0. The molecule has 3 aromatic rings. The van der Waals surface area contributed by atoms with E-state index in [4.69, 9.17) is 0 Å². The van der Waals surface area contributed by atoms with Gasteiger partial charge in [-0.2, -0.15) is 18.2 Å². The number of nitrogens with zero attached hydrogens (tertiary/aromatic N) is 5. The standard InChI is InChI=1S/C19H16F3N5O2/c20-19(21,22)18-25-16(26-29-18)12-5-6-15(24-10-12)14-4-2-8-27(11-14)17(28)13-3-1-7-23-9-13/h1,3,5-7,9-10,14H,2,4,8,11H2/t14-/m1/s1. The van der Waals surface area contributed by atoms with Gasteiger partial charge in [-0.25, -0.2) is 0 Å². The molecule has 1 amide bonds. The number of hydrogen-bond donors (Lipinski definition) is 0. The molecule has 29 heavy (non-hydrogen) atoms. The highest BCUT2D eigenvalue weighted by Crippen LogP contribution is 2.30. The van der Waals surface area contributed by atoms with Gasteiger partial charge < -0.3 is 9.42 Å². The largest absolute Gasteiger partial charge is 0.471 e. The van der Waals surface area contributed by atoms with Crippen molar-refractivity contribution >= 4 is 5.91 Å². The molecule has 4 heterocycles. The minimum Gasteiger partial charge on any atom is -0.338 e. The molecule has 1 fully saturated rings. The van der Waals surface area contributed by atoms with Crippen LogP contribution in [0.1, 0.15) is 40.7 Å². The van der Waals surface area contributed by atoms with Crippen molar-refractivity contribution in [3.8, 4) is 11.4 Å². The number of aromatic nitrogens is 4. The number of likely N-dealkylation sites (tertiary alicyclic amines) is 1. The molecule has 0 aromatic carbocycles. The maximum absolute atomic E-state index is 12.6. The first-order chi connectivity index (χ1) is 13.9. The molecule has 0 bridgehead atoms. The topological polar surface area (TPSA) is 85.0 Å². The third-order valence-corrected chi connectivity index (χ3v) is 4.75. The molecule has 0 N–H and O–H groups in total. The summed E-state index contributed by atoms with van der Waals surface area (Å²) in [4.78, 5) is 26.1. The Hall–Kier alpha value is -3.30. The third-order valence-electron chi connectivity index (χ3n) is 4.75. The molecule has 0 aliphatic carbocycles. The first kappa shape index (κ1) is 19.0. The highest BCUT2D eigenvalue weighted by atomic mass is 19.4. The molecule has 4 rings (SSSR count). The second kappa shape index (κ2) is 7.61. The van der Waals surface area contributed by atoms with Crippen molar-refractivity contribution in [3.63, 3.8) is 0 Å². The van der Waals surface area contributed by atoms with Crippen LogP contribution >= 0.6 is 0 Å². The van der Waals surface area contributed by atoms with Gasteiger partial charge in [0.15, 0.2) is 0 Å². The Morgan fingerprint density at radius 1 is 1.21 bits per heavy atom. The fourth-order valence-electron chi connectivity index (χ4n) is 3.31. The van der Waals surface area contributed by atoms with Crippen molar-refractivity contribution in [2.75, 3.05) is 13.1 Å².